The molecule has 3 fully saturated rings. The second-order valence-corrected chi connectivity index (χ2v) is 25.6. The molecule has 1 unspecified atom stereocenters. The van der Waals surface area contributed by atoms with Gasteiger partial charge < -0.3 is 14.0 Å². The lowest BCUT2D eigenvalue weighted by Crippen LogP contribution is -2.49. The third kappa shape index (κ3) is 6.53. The lowest BCUT2D eigenvalue weighted by atomic mass is 9.62. The van der Waals surface area contributed by atoms with Crippen LogP contribution in [0.2, 0.25) is 36.3 Å². The van der Waals surface area contributed by atoms with Crippen LogP contribution in [-0.2, 0) is 8.85 Å². The Morgan fingerprint density at radius 1 is 0.974 bits per heavy atom. The Kier molecular flexibility index (Phi) is 9.34. The normalized spacial score (nSPS) is 34.6. The molecular formula is C33H60O3Si2. The number of hydrogen-bond acceptors (Lipinski definition) is 3. The summed E-state index contributed by atoms with van der Waals surface area (Å²) in [4.78, 5) is 0. The highest BCUT2D eigenvalue weighted by molar-refractivity contribution is 6.74. The standard InChI is InChI=1S/C33H60O3Si2/c1-23-26(17-16-25-15-14-20-33(9)28(24(2)34)18-19-29(25)33)21-27(35-37(10,11)31(3,4)5)22-30(23)36-38(12,13)32(6,7)8/h16-17,24,27-30,34H,1,14-15,18-22H2,2-13H3/t24-,27+,28+,29?,30-,33+/m0/s1. The number of aliphatic hydroxyl groups is 1. The molecule has 0 aromatic heterocycles. The van der Waals surface area contributed by atoms with Crippen molar-refractivity contribution >= 4 is 16.6 Å². The summed E-state index contributed by atoms with van der Waals surface area (Å²) in [5.41, 5.74) is 4.28. The maximum atomic E-state index is 10.5. The fraction of sp³-hybridized carbons (Fsp3) is 0.818. The van der Waals surface area contributed by atoms with E-state index in [-0.39, 0.29) is 33.8 Å². The molecule has 1 N–H and O–H groups in total. The summed E-state index contributed by atoms with van der Waals surface area (Å²) < 4.78 is 14.0. The highest BCUT2D eigenvalue weighted by Gasteiger charge is 2.50. The number of hydrogen-bond donors (Lipinski definition) is 1. The fourth-order valence-corrected chi connectivity index (χ4v) is 9.51. The Hall–Kier alpha value is -0.466. The van der Waals surface area contributed by atoms with Crippen molar-refractivity contribution in [1.82, 2.24) is 0 Å². The van der Waals surface area contributed by atoms with Crippen LogP contribution in [-0.4, -0.2) is 40.1 Å². The van der Waals surface area contributed by atoms with Gasteiger partial charge in [0.1, 0.15) is 0 Å². The molecule has 3 aliphatic carbocycles. The van der Waals surface area contributed by atoms with E-state index in [2.05, 4.69) is 93.4 Å². The van der Waals surface area contributed by atoms with Crippen LogP contribution < -0.4 is 0 Å². The highest BCUT2D eigenvalue weighted by Crippen LogP contribution is 2.58. The van der Waals surface area contributed by atoms with Gasteiger partial charge in [-0.1, -0.05) is 72.8 Å². The molecule has 0 bridgehead atoms. The lowest BCUT2D eigenvalue weighted by molar-refractivity contribution is 0.0302. The summed E-state index contributed by atoms with van der Waals surface area (Å²) >= 11 is 0. The van der Waals surface area contributed by atoms with Crippen LogP contribution in [0.4, 0.5) is 0 Å². The second-order valence-electron chi connectivity index (χ2n) is 16.1. The van der Waals surface area contributed by atoms with E-state index in [1.54, 1.807) is 5.57 Å². The molecule has 0 aliphatic heterocycles. The zero-order valence-corrected chi connectivity index (χ0v) is 29.0. The van der Waals surface area contributed by atoms with Gasteiger partial charge in [0.05, 0.1) is 18.3 Å². The van der Waals surface area contributed by atoms with Gasteiger partial charge in [-0.3, -0.25) is 0 Å². The van der Waals surface area contributed by atoms with Crippen LogP contribution in [0.5, 0.6) is 0 Å². The molecule has 0 heterocycles. The molecule has 38 heavy (non-hydrogen) atoms. The molecule has 5 heteroatoms. The first-order chi connectivity index (χ1) is 17.2. The van der Waals surface area contributed by atoms with Crippen molar-refractivity contribution in [1.29, 1.82) is 0 Å². The van der Waals surface area contributed by atoms with E-state index in [0.29, 0.717) is 11.8 Å². The number of fused-ring (bicyclic) bond motifs is 1. The maximum Gasteiger partial charge on any atom is 0.192 e. The zero-order chi connectivity index (χ0) is 28.9. The molecule has 6 atom stereocenters. The molecule has 3 saturated carbocycles. The molecule has 0 radical (unpaired) electrons. The van der Waals surface area contributed by atoms with Gasteiger partial charge in [-0.15, -0.1) is 0 Å². The smallest absolute Gasteiger partial charge is 0.192 e. The van der Waals surface area contributed by atoms with Gasteiger partial charge in [0, 0.05) is 6.42 Å². The first-order valence-electron chi connectivity index (χ1n) is 15.3. The van der Waals surface area contributed by atoms with Crippen molar-refractivity contribution in [3.8, 4) is 0 Å². The molecule has 0 saturated heterocycles. The third-order valence-corrected chi connectivity index (χ3v) is 20.4. The Balaban J connectivity index is 1.93. The Morgan fingerprint density at radius 2 is 1.55 bits per heavy atom. The van der Waals surface area contributed by atoms with E-state index in [9.17, 15) is 5.11 Å². The minimum atomic E-state index is -1.96. The first-order valence-corrected chi connectivity index (χ1v) is 21.1. The van der Waals surface area contributed by atoms with Crippen molar-refractivity contribution in [3.05, 3.63) is 35.5 Å². The van der Waals surface area contributed by atoms with Crippen LogP contribution in [0.25, 0.3) is 0 Å². The average Bonchev–Trinajstić information content (AvgIpc) is 3.10. The van der Waals surface area contributed by atoms with Gasteiger partial charge in [-0.2, -0.15) is 0 Å². The van der Waals surface area contributed by atoms with Gasteiger partial charge >= 0.3 is 0 Å². The van der Waals surface area contributed by atoms with Crippen LogP contribution in [0.1, 0.15) is 100 Å². The van der Waals surface area contributed by atoms with Crippen LogP contribution in [0, 0.1) is 17.3 Å². The van der Waals surface area contributed by atoms with Crippen molar-refractivity contribution < 1.29 is 14.0 Å². The molecule has 3 nitrogen and oxygen atoms in total. The monoisotopic (exact) mass is 560 g/mol. The van der Waals surface area contributed by atoms with Crippen molar-refractivity contribution in [3.63, 3.8) is 0 Å². The van der Waals surface area contributed by atoms with Crippen LogP contribution in [0.15, 0.2) is 35.5 Å². The Morgan fingerprint density at radius 3 is 2.11 bits per heavy atom. The zero-order valence-electron chi connectivity index (χ0n) is 27.0. The topological polar surface area (TPSA) is 38.7 Å². The van der Waals surface area contributed by atoms with E-state index >= 15 is 0 Å². The number of allylic oxidation sites excluding steroid dienone is 3. The summed E-state index contributed by atoms with van der Waals surface area (Å²) in [5.74, 6) is 1.00. The third-order valence-electron chi connectivity index (χ3n) is 11.4. The predicted octanol–water partition coefficient (Wildman–Crippen LogP) is 9.57. The maximum absolute atomic E-state index is 10.5. The van der Waals surface area contributed by atoms with E-state index in [1.165, 1.54) is 31.3 Å². The van der Waals surface area contributed by atoms with E-state index in [0.717, 1.165) is 24.8 Å². The first kappa shape index (κ1) is 32.1. The quantitative estimate of drug-likeness (QED) is 0.329. The Labute approximate surface area is 237 Å². The fourth-order valence-electron chi connectivity index (χ4n) is 6.84. The SMILES string of the molecule is C=C1C(=CC=C2CCC[C@@]3(C)C2CC[C@@H]3[C@H](C)O)C[C@@H](O[Si](C)(C)C(C)(C)C)C[C@@H]1O[Si](C)(C)C(C)(C)C. The van der Waals surface area contributed by atoms with Crippen LogP contribution in [0.3, 0.4) is 0 Å². The van der Waals surface area contributed by atoms with Gasteiger partial charge in [0.25, 0.3) is 0 Å². The second kappa shape index (κ2) is 11.1. The molecule has 218 valence electrons. The summed E-state index contributed by atoms with van der Waals surface area (Å²) in [6.07, 6.45) is 12.6. The molecule has 0 aromatic carbocycles. The van der Waals surface area contributed by atoms with Crippen molar-refractivity contribution in [2.75, 3.05) is 0 Å². The van der Waals surface area contributed by atoms with Gasteiger partial charge in [0.15, 0.2) is 16.6 Å². The highest BCUT2D eigenvalue weighted by atomic mass is 28.4. The van der Waals surface area contributed by atoms with Crippen molar-refractivity contribution in [2.45, 2.75) is 155 Å². The van der Waals surface area contributed by atoms with E-state index in [1.807, 2.05) is 6.92 Å². The van der Waals surface area contributed by atoms with Crippen LogP contribution >= 0.6 is 0 Å². The summed E-state index contributed by atoms with van der Waals surface area (Å²) in [5, 5.41) is 10.8. The lowest BCUT2D eigenvalue weighted by Gasteiger charge is -2.45. The summed E-state index contributed by atoms with van der Waals surface area (Å²) in [6, 6.07) is 0. The molecule has 3 aliphatic rings. The minimum absolute atomic E-state index is 0.0202. The van der Waals surface area contributed by atoms with Gasteiger partial charge in [-0.25, -0.2) is 0 Å². The minimum Gasteiger partial charge on any atom is -0.413 e. The average molecular weight is 561 g/mol. The van der Waals surface area contributed by atoms with Gasteiger partial charge in [-0.05, 0) is 110 Å². The molecule has 0 spiro atoms. The summed E-state index contributed by atoms with van der Waals surface area (Å²) in [6.45, 7) is 32.4. The Bertz CT molecular complexity index is 931. The predicted molar refractivity (Wildman–Crippen MR) is 169 cm³/mol. The van der Waals surface area contributed by atoms with Crippen molar-refractivity contribution in [2.24, 2.45) is 17.3 Å². The molecule has 3 rings (SSSR count). The van der Waals surface area contributed by atoms with Gasteiger partial charge in [0.2, 0.25) is 0 Å². The van der Waals surface area contributed by atoms with E-state index in [4.69, 9.17) is 8.85 Å². The molecular weight excluding hydrogens is 501 g/mol. The molecule has 0 amide bonds. The molecule has 0 aromatic rings. The largest absolute Gasteiger partial charge is 0.413 e. The van der Waals surface area contributed by atoms with E-state index < -0.39 is 16.6 Å². The summed E-state index contributed by atoms with van der Waals surface area (Å²) in [7, 11) is -3.87. The number of rotatable bonds is 6. The number of aliphatic hydroxyl groups excluding tert-OH is 1.